The topological polar surface area (TPSA) is 56.8 Å². The third-order valence-electron chi connectivity index (χ3n) is 5.56. The number of nitrogens with one attached hydrogen (secondary N) is 2. The smallest absolute Gasteiger partial charge is 0.123 e. The van der Waals surface area contributed by atoms with E-state index in [2.05, 4.69) is 43.6 Å². The minimum absolute atomic E-state index is 0.199. The lowest BCUT2D eigenvalue weighted by Gasteiger charge is -2.36. The Labute approximate surface area is 168 Å². The highest BCUT2D eigenvalue weighted by Crippen LogP contribution is 2.27. The Morgan fingerprint density at radius 3 is 2.79 bits per heavy atom. The van der Waals surface area contributed by atoms with E-state index in [0.717, 1.165) is 53.8 Å². The lowest BCUT2D eigenvalue weighted by Crippen LogP contribution is -2.45. The summed E-state index contributed by atoms with van der Waals surface area (Å²) in [5.41, 5.74) is 5.56. The molecule has 0 aliphatic carbocycles. The number of halogens is 1. The van der Waals surface area contributed by atoms with Gasteiger partial charge in [0.15, 0.2) is 0 Å². The number of hydrogen-bond donors (Lipinski definition) is 2. The highest BCUT2D eigenvalue weighted by atomic mass is 19.1. The van der Waals surface area contributed by atoms with Crippen molar-refractivity contribution < 1.29 is 4.39 Å². The van der Waals surface area contributed by atoms with Gasteiger partial charge in [0.25, 0.3) is 0 Å². The molecular formula is C23H22FN5. The normalized spacial score (nSPS) is 17.6. The van der Waals surface area contributed by atoms with Crippen LogP contribution in [0.1, 0.15) is 17.2 Å². The van der Waals surface area contributed by atoms with Gasteiger partial charge < -0.3 is 5.32 Å². The molecule has 0 bridgehead atoms. The van der Waals surface area contributed by atoms with Gasteiger partial charge in [-0.2, -0.15) is 5.10 Å². The van der Waals surface area contributed by atoms with Gasteiger partial charge in [-0.25, -0.2) is 4.39 Å². The Hall–Kier alpha value is -3.09. The second-order valence-electron chi connectivity index (χ2n) is 7.50. The van der Waals surface area contributed by atoms with Crippen molar-refractivity contribution >= 4 is 10.9 Å². The number of fused-ring (bicyclic) bond motifs is 1. The van der Waals surface area contributed by atoms with Crippen molar-refractivity contribution in [3.63, 3.8) is 0 Å². The van der Waals surface area contributed by atoms with Gasteiger partial charge in [0, 0.05) is 55.6 Å². The van der Waals surface area contributed by atoms with E-state index in [4.69, 9.17) is 0 Å². The predicted molar refractivity (Wildman–Crippen MR) is 112 cm³/mol. The summed E-state index contributed by atoms with van der Waals surface area (Å²) in [6.07, 6.45) is 5.67. The summed E-state index contributed by atoms with van der Waals surface area (Å²) in [4.78, 5) is 6.92. The zero-order valence-corrected chi connectivity index (χ0v) is 16.0. The third-order valence-corrected chi connectivity index (χ3v) is 5.56. The first kappa shape index (κ1) is 18.0. The van der Waals surface area contributed by atoms with Gasteiger partial charge in [0.1, 0.15) is 5.82 Å². The summed E-state index contributed by atoms with van der Waals surface area (Å²) in [6.45, 7) is 3.55. The van der Waals surface area contributed by atoms with Crippen molar-refractivity contribution in [1.82, 2.24) is 25.4 Å². The number of aromatic amines is 1. The average molecular weight is 387 g/mol. The molecule has 2 N–H and O–H groups in total. The van der Waals surface area contributed by atoms with Gasteiger partial charge in [-0.15, -0.1) is 0 Å². The predicted octanol–water partition coefficient (Wildman–Crippen LogP) is 3.91. The van der Waals surface area contributed by atoms with Gasteiger partial charge >= 0.3 is 0 Å². The van der Waals surface area contributed by atoms with Gasteiger partial charge in [0.05, 0.1) is 11.7 Å². The lowest BCUT2D eigenvalue weighted by molar-refractivity contribution is 0.153. The molecule has 0 spiro atoms. The molecule has 1 saturated heterocycles. The van der Waals surface area contributed by atoms with Crippen LogP contribution in [0.3, 0.4) is 0 Å². The van der Waals surface area contributed by atoms with Crippen LogP contribution in [0, 0.1) is 5.82 Å². The van der Waals surface area contributed by atoms with E-state index in [9.17, 15) is 4.39 Å². The van der Waals surface area contributed by atoms with E-state index >= 15 is 0 Å². The SMILES string of the molecule is Fc1ccc([C@H]2CNCCN2Cc2cncc(-c3ccc4[nH]ncc4c3)c2)cc1. The maximum absolute atomic E-state index is 13.3. The fourth-order valence-corrected chi connectivity index (χ4v) is 4.04. The second-order valence-corrected chi connectivity index (χ2v) is 7.50. The number of benzene rings is 2. The zero-order chi connectivity index (χ0) is 19.6. The molecule has 0 saturated carbocycles. The van der Waals surface area contributed by atoms with E-state index in [1.165, 1.54) is 17.7 Å². The molecule has 5 nitrogen and oxygen atoms in total. The quantitative estimate of drug-likeness (QED) is 0.557. The van der Waals surface area contributed by atoms with E-state index in [-0.39, 0.29) is 11.9 Å². The molecule has 5 rings (SSSR count). The summed E-state index contributed by atoms with van der Waals surface area (Å²) in [5.74, 6) is -0.199. The number of pyridine rings is 1. The molecule has 1 aliphatic heterocycles. The van der Waals surface area contributed by atoms with Crippen LogP contribution in [0.15, 0.2) is 67.1 Å². The summed E-state index contributed by atoms with van der Waals surface area (Å²) in [6, 6.07) is 15.5. The number of piperazine rings is 1. The van der Waals surface area contributed by atoms with E-state index in [1.807, 2.05) is 36.8 Å². The molecule has 1 aliphatic rings. The Morgan fingerprint density at radius 1 is 1.00 bits per heavy atom. The maximum atomic E-state index is 13.3. The van der Waals surface area contributed by atoms with E-state index < -0.39 is 0 Å². The number of rotatable bonds is 4. The zero-order valence-electron chi connectivity index (χ0n) is 16.0. The Balaban J connectivity index is 1.40. The van der Waals surface area contributed by atoms with Crippen molar-refractivity contribution in [1.29, 1.82) is 0 Å². The first-order valence-corrected chi connectivity index (χ1v) is 9.84. The van der Waals surface area contributed by atoms with Crippen LogP contribution in [0.5, 0.6) is 0 Å². The van der Waals surface area contributed by atoms with Crippen molar-refractivity contribution in [2.45, 2.75) is 12.6 Å². The molecule has 1 fully saturated rings. The molecule has 2 aromatic carbocycles. The molecule has 2 aromatic heterocycles. The first-order chi connectivity index (χ1) is 14.3. The largest absolute Gasteiger partial charge is 0.314 e. The monoisotopic (exact) mass is 387 g/mol. The third kappa shape index (κ3) is 3.77. The average Bonchev–Trinajstić information content (AvgIpc) is 3.23. The first-order valence-electron chi connectivity index (χ1n) is 9.84. The summed E-state index contributed by atoms with van der Waals surface area (Å²) in [5, 5.41) is 11.6. The van der Waals surface area contributed by atoms with Crippen molar-refractivity contribution in [2.75, 3.05) is 19.6 Å². The number of aromatic nitrogens is 3. The van der Waals surface area contributed by atoms with Crippen LogP contribution in [-0.4, -0.2) is 39.7 Å². The van der Waals surface area contributed by atoms with Crippen molar-refractivity contribution in [2.24, 2.45) is 0 Å². The molecule has 6 heteroatoms. The minimum atomic E-state index is -0.199. The van der Waals surface area contributed by atoms with Crippen LogP contribution >= 0.6 is 0 Å². The molecule has 1 atom stereocenters. The van der Waals surface area contributed by atoms with Gasteiger partial charge in [-0.05, 0) is 47.0 Å². The molecule has 146 valence electrons. The molecule has 4 aromatic rings. The molecular weight excluding hydrogens is 365 g/mol. The van der Waals surface area contributed by atoms with Crippen molar-refractivity contribution in [3.05, 3.63) is 84.1 Å². The molecule has 29 heavy (non-hydrogen) atoms. The molecule has 0 unspecified atom stereocenters. The maximum Gasteiger partial charge on any atom is 0.123 e. The standard InChI is InChI=1S/C23H22FN5/c24-21-4-1-17(2-5-21)23-14-25-7-8-29(23)15-16-9-19(12-26-11-16)18-3-6-22-20(10-18)13-27-28-22/h1-6,9-13,23,25H,7-8,14-15H2,(H,27,28)/t23-/m1/s1. The fourth-order valence-electron chi connectivity index (χ4n) is 4.04. The van der Waals surface area contributed by atoms with Crippen LogP contribution in [0.4, 0.5) is 4.39 Å². The van der Waals surface area contributed by atoms with Crippen LogP contribution in [0.25, 0.3) is 22.0 Å². The van der Waals surface area contributed by atoms with Crippen molar-refractivity contribution in [3.8, 4) is 11.1 Å². The molecule has 3 heterocycles. The number of H-pyrrole nitrogens is 1. The lowest BCUT2D eigenvalue weighted by atomic mass is 10.0. The van der Waals surface area contributed by atoms with Gasteiger partial charge in [-0.1, -0.05) is 18.2 Å². The number of hydrogen-bond acceptors (Lipinski definition) is 4. The van der Waals surface area contributed by atoms with E-state index in [0.29, 0.717) is 0 Å². The molecule has 0 radical (unpaired) electrons. The Bertz CT molecular complexity index is 1120. The Morgan fingerprint density at radius 2 is 1.90 bits per heavy atom. The summed E-state index contributed by atoms with van der Waals surface area (Å²) in [7, 11) is 0. The van der Waals surface area contributed by atoms with Crippen LogP contribution in [-0.2, 0) is 6.54 Å². The Kier molecular flexibility index (Phi) is 4.79. The van der Waals surface area contributed by atoms with E-state index in [1.54, 1.807) is 0 Å². The highest BCUT2D eigenvalue weighted by molar-refractivity contribution is 5.83. The second kappa shape index (κ2) is 7.73. The molecule has 0 amide bonds. The van der Waals surface area contributed by atoms with Crippen LogP contribution < -0.4 is 5.32 Å². The minimum Gasteiger partial charge on any atom is -0.314 e. The fraction of sp³-hybridized carbons (Fsp3) is 0.217. The van der Waals surface area contributed by atoms with Gasteiger partial charge in [-0.3, -0.25) is 15.0 Å². The number of nitrogens with zero attached hydrogens (tertiary/aromatic N) is 3. The summed E-state index contributed by atoms with van der Waals surface area (Å²) >= 11 is 0. The highest BCUT2D eigenvalue weighted by Gasteiger charge is 2.24. The van der Waals surface area contributed by atoms with Gasteiger partial charge in [0.2, 0.25) is 0 Å². The van der Waals surface area contributed by atoms with Crippen LogP contribution in [0.2, 0.25) is 0 Å². The summed E-state index contributed by atoms with van der Waals surface area (Å²) < 4.78 is 13.3.